The topological polar surface area (TPSA) is 58.7 Å². The summed E-state index contributed by atoms with van der Waals surface area (Å²) < 4.78 is 1.35. The summed E-state index contributed by atoms with van der Waals surface area (Å²) in [5, 5.41) is 9.24. The van der Waals surface area contributed by atoms with Gasteiger partial charge in [-0.25, -0.2) is 4.98 Å². The summed E-state index contributed by atoms with van der Waals surface area (Å²) in [4.78, 5) is 16.7. The minimum atomic E-state index is -0.253. The lowest BCUT2D eigenvalue weighted by atomic mass is 10.1. The molecule has 112 valence electrons. The Balaban J connectivity index is 2.02. The Morgan fingerprint density at radius 2 is 1.78 bits per heavy atom. The molecule has 3 aromatic rings. The highest BCUT2D eigenvalue weighted by Crippen LogP contribution is 2.18. The summed E-state index contributed by atoms with van der Waals surface area (Å²) >= 11 is 6.20. The van der Waals surface area contributed by atoms with Crippen LogP contribution in [0.1, 0.15) is 11.1 Å². The normalized spacial score (nSPS) is 10.3. The van der Waals surface area contributed by atoms with Gasteiger partial charge >= 0.3 is 0 Å². The summed E-state index contributed by atoms with van der Waals surface area (Å²) in [6.45, 7) is 0.212. The van der Waals surface area contributed by atoms with Crippen LogP contribution in [0.25, 0.3) is 11.3 Å². The second kappa shape index (κ2) is 6.47. The van der Waals surface area contributed by atoms with E-state index in [-0.39, 0.29) is 17.4 Å². The van der Waals surface area contributed by atoms with Crippen LogP contribution in [0.3, 0.4) is 0 Å². The number of hydrogen-bond donors (Lipinski definition) is 0. The van der Waals surface area contributed by atoms with Gasteiger partial charge in [0.25, 0.3) is 5.56 Å². The number of hydrogen-bond acceptors (Lipinski definition) is 3. The molecule has 0 saturated heterocycles. The molecule has 0 aliphatic heterocycles. The molecule has 0 spiro atoms. The van der Waals surface area contributed by atoms with Gasteiger partial charge in [-0.1, -0.05) is 48.5 Å². The van der Waals surface area contributed by atoms with Gasteiger partial charge in [-0.05, 0) is 23.2 Å². The first-order valence-corrected chi connectivity index (χ1v) is 7.37. The van der Waals surface area contributed by atoms with Crippen molar-refractivity contribution in [3.05, 3.63) is 87.4 Å². The van der Waals surface area contributed by atoms with Crippen LogP contribution >= 0.6 is 11.6 Å². The van der Waals surface area contributed by atoms with E-state index in [1.165, 1.54) is 10.6 Å². The van der Waals surface area contributed by atoms with Gasteiger partial charge in [0.2, 0.25) is 5.28 Å². The van der Waals surface area contributed by atoms with Crippen molar-refractivity contribution in [2.24, 2.45) is 0 Å². The molecule has 0 N–H and O–H groups in total. The molecule has 2 aromatic carbocycles. The number of nitriles is 1. The van der Waals surface area contributed by atoms with Crippen LogP contribution in [0.4, 0.5) is 0 Å². The zero-order chi connectivity index (χ0) is 16.2. The van der Waals surface area contributed by atoms with Crippen LogP contribution in [0.15, 0.2) is 65.5 Å². The zero-order valence-electron chi connectivity index (χ0n) is 12.1. The molecule has 0 atom stereocenters. The first-order valence-electron chi connectivity index (χ1n) is 7.00. The Morgan fingerprint density at radius 3 is 2.48 bits per heavy atom. The Labute approximate surface area is 138 Å². The van der Waals surface area contributed by atoms with E-state index in [0.717, 1.165) is 11.1 Å². The maximum absolute atomic E-state index is 12.4. The SMILES string of the molecule is N#Cc1ccccc1Cn1c(Cl)nc(-c2ccccc2)cc1=O. The van der Waals surface area contributed by atoms with Crippen molar-refractivity contribution >= 4 is 11.6 Å². The Bertz CT molecular complexity index is 942. The van der Waals surface area contributed by atoms with Crippen molar-refractivity contribution in [2.75, 3.05) is 0 Å². The summed E-state index contributed by atoms with van der Waals surface area (Å²) in [7, 11) is 0. The maximum atomic E-state index is 12.4. The van der Waals surface area contributed by atoms with Crippen molar-refractivity contribution in [3.8, 4) is 17.3 Å². The van der Waals surface area contributed by atoms with E-state index in [1.54, 1.807) is 18.2 Å². The van der Waals surface area contributed by atoms with Crippen LogP contribution in [0.2, 0.25) is 5.28 Å². The molecule has 4 nitrogen and oxygen atoms in total. The molecule has 0 amide bonds. The van der Waals surface area contributed by atoms with Gasteiger partial charge in [-0.2, -0.15) is 5.26 Å². The minimum absolute atomic E-state index is 0.101. The maximum Gasteiger partial charge on any atom is 0.255 e. The predicted molar refractivity (Wildman–Crippen MR) is 89.2 cm³/mol. The molecular formula is C18H12ClN3O. The van der Waals surface area contributed by atoms with Crippen LogP contribution < -0.4 is 5.56 Å². The third-order valence-electron chi connectivity index (χ3n) is 3.50. The Hall–Kier alpha value is -2.90. The van der Waals surface area contributed by atoms with Crippen molar-refractivity contribution in [1.82, 2.24) is 9.55 Å². The van der Waals surface area contributed by atoms with E-state index in [1.807, 2.05) is 36.4 Å². The fourth-order valence-electron chi connectivity index (χ4n) is 2.32. The highest BCUT2D eigenvalue weighted by atomic mass is 35.5. The molecule has 0 radical (unpaired) electrons. The second-order valence-corrected chi connectivity index (χ2v) is 5.31. The molecule has 0 aliphatic carbocycles. The van der Waals surface area contributed by atoms with E-state index in [4.69, 9.17) is 16.9 Å². The van der Waals surface area contributed by atoms with Gasteiger partial charge in [-0.15, -0.1) is 0 Å². The second-order valence-electron chi connectivity index (χ2n) is 4.97. The lowest BCUT2D eigenvalue weighted by Gasteiger charge is -2.10. The van der Waals surface area contributed by atoms with Crippen LogP contribution in [-0.2, 0) is 6.54 Å². The highest BCUT2D eigenvalue weighted by molar-refractivity contribution is 6.28. The molecule has 0 bridgehead atoms. The molecule has 3 rings (SSSR count). The molecule has 5 heteroatoms. The quantitative estimate of drug-likeness (QED) is 0.694. The molecule has 0 aliphatic rings. The summed E-state index contributed by atoms with van der Waals surface area (Å²) in [6, 6.07) is 20.1. The zero-order valence-corrected chi connectivity index (χ0v) is 12.9. The van der Waals surface area contributed by atoms with E-state index in [2.05, 4.69) is 11.1 Å². The van der Waals surface area contributed by atoms with E-state index in [9.17, 15) is 4.79 Å². The lowest BCUT2D eigenvalue weighted by Crippen LogP contribution is -2.22. The third-order valence-corrected chi connectivity index (χ3v) is 3.79. The first kappa shape index (κ1) is 15.0. The fourth-order valence-corrected chi connectivity index (χ4v) is 2.55. The Kier molecular flexibility index (Phi) is 4.22. The van der Waals surface area contributed by atoms with Gasteiger partial charge < -0.3 is 0 Å². The first-order chi connectivity index (χ1) is 11.2. The molecule has 0 unspecified atom stereocenters. The molecule has 1 aromatic heterocycles. The fraction of sp³-hybridized carbons (Fsp3) is 0.0556. The van der Waals surface area contributed by atoms with Crippen molar-refractivity contribution in [3.63, 3.8) is 0 Å². The third kappa shape index (κ3) is 3.15. The minimum Gasteiger partial charge on any atom is -0.279 e. The van der Waals surface area contributed by atoms with Crippen LogP contribution in [0, 0.1) is 11.3 Å². The Morgan fingerprint density at radius 1 is 1.09 bits per heavy atom. The average molecular weight is 322 g/mol. The summed E-state index contributed by atoms with van der Waals surface area (Å²) in [6.07, 6.45) is 0. The van der Waals surface area contributed by atoms with Crippen molar-refractivity contribution in [2.45, 2.75) is 6.54 Å². The number of nitrogens with zero attached hydrogens (tertiary/aromatic N) is 3. The summed E-state index contributed by atoms with van der Waals surface area (Å²) in [5.41, 5.74) is 2.36. The van der Waals surface area contributed by atoms with Gasteiger partial charge in [0, 0.05) is 11.6 Å². The largest absolute Gasteiger partial charge is 0.279 e. The van der Waals surface area contributed by atoms with Gasteiger partial charge in [0.15, 0.2) is 0 Å². The predicted octanol–water partition coefficient (Wildman–Crippen LogP) is 3.48. The van der Waals surface area contributed by atoms with Gasteiger partial charge in [0.1, 0.15) is 0 Å². The standard InChI is InChI=1S/C18H12ClN3O/c19-18-21-16(13-6-2-1-3-7-13)10-17(23)22(18)12-15-9-5-4-8-14(15)11-20/h1-10H,12H2. The van der Waals surface area contributed by atoms with Crippen molar-refractivity contribution in [1.29, 1.82) is 5.26 Å². The monoisotopic (exact) mass is 321 g/mol. The molecule has 0 fully saturated rings. The van der Waals surface area contributed by atoms with E-state index >= 15 is 0 Å². The van der Waals surface area contributed by atoms with Crippen molar-refractivity contribution < 1.29 is 0 Å². The van der Waals surface area contributed by atoms with Crippen LogP contribution in [-0.4, -0.2) is 9.55 Å². The number of benzene rings is 2. The number of rotatable bonds is 3. The lowest BCUT2D eigenvalue weighted by molar-refractivity contribution is 0.737. The van der Waals surface area contributed by atoms with Gasteiger partial charge in [0.05, 0.1) is 23.9 Å². The van der Waals surface area contributed by atoms with E-state index < -0.39 is 0 Å². The molecule has 0 saturated carbocycles. The average Bonchev–Trinajstić information content (AvgIpc) is 2.59. The van der Waals surface area contributed by atoms with E-state index in [0.29, 0.717) is 11.3 Å². The molecule has 1 heterocycles. The molecular weight excluding hydrogens is 310 g/mol. The number of halogens is 1. The smallest absolute Gasteiger partial charge is 0.255 e. The van der Waals surface area contributed by atoms with Gasteiger partial charge in [-0.3, -0.25) is 9.36 Å². The summed E-state index contributed by atoms with van der Waals surface area (Å²) in [5.74, 6) is 0. The number of aromatic nitrogens is 2. The van der Waals surface area contributed by atoms with Crippen LogP contribution in [0.5, 0.6) is 0 Å². The molecule has 23 heavy (non-hydrogen) atoms. The highest BCUT2D eigenvalue weighted by Gasteiger charge is 2.10.